The number of anilines is 1. The number of hydroxylamine groups is 2. The van der Waals surface area contributed by atoms with Crippen molar-refractivity contribution in [2.24, 2.45) is 29.1 Å². The van der Waals surface area contributed by atoms with E-state index in [1.54, 1.807) is 25.2 Å². The number of hydrogen-bond donors (Lipinski definition) is 5. The zero-order chi connectivity index (χ0) is 46.4. The van der Waals surface area contributed by atoms with Crippen LogP contribution in [0.15, 0.2) is 66.7 Å². The van der Waals surface area contributed by atoms with Crippen molar-refractivity contribution in [3.8, 4) is 16.9 Å². The number of carbonyl (C=O) groups is 2. The monoisotopic (exact) mass is 893 g/mol. The third-order valence-electron chi connectivity index (χ3n) is 13.8. The van der Waals surface area contributed by atoms with E-state index in [9.17, 15) is 28.2 Å². The second kappa shape index (κ2) is 21.3. The van der Waals surface area contributed by atoms with Crippen molar-refractivity contribution in [1.82, 2.24) is 25.3 Å². The van der Waals surface area contributed by atoms with Crippen molar-refractivity contribution in [3.05, 3.63) is 83.4 Å². The molecule has 1 heterocycles. The Labute approximate surface area is 375 Å². The quantitative estimate of drug-likeness (QED) is 0.114. The van der Waals surface area contributed by atoms with Gasteiger partial charge in [-0.2, -0.15) is 5.06 Å². The Balaban J connectivity index is 1.51. The molecule has 14 nitrogen and oxygen atoms in total. The molecule has 0 unspecified atom stereocenters. The lowest BCUT2D eigenvalue weighted by Crippen LogP contribution is -2.56. The molecular formula is C48H72N6O8S. The van der Waals surface area contributed by atoms with Gasteiger partial charge >= 0.3 is 0 Å². The maximum absolute atomic E-state index is 14.5. The summed E-state index contributed by atoms with van der Waals surface area (Å²) in [4.78, 5) is 39.0. The predicted molar refractivity (Wildman–Crippen MR) is 249 cm³/mol. The van der Waals surface area contributed by atoms with E-state index in [4.69, 9.17) is 9.57 Å². The number of likely N-dealkylation sites (N-methyl/N-ethyl adjacent to an activating group) is 2. The molecule has 2 fully saturated rings. The van der Waals surface area contributed by atoms with Crippen LogP contribution in [0.2, 0.25) is 0 Å². The molecule has 5 N–H and O–H groups in total. The fourth-order valence-corrected chi connectivity index (χ4v) is 9.93. The topological polar surface area (TPSA) is 173 Å². The average molecular weight is 893 g/mol. The van der Waals surface area contributed by atoms with E-state index in [0.717, 1.165) is 18.2 Å². The number of sulfonamides is 1. The number of hydrogen-bond acceptors (Lipinski definition) is 11. The Morgan fingerprint density at radius 2 is 1.73 bits per heavy atom. The molecule has 1 aliphatic carbocycles. The fraction of sp³-hybridized carbons (Fsp3) is 0.583. The largest absolute Gasteiger partial charge is 0.496 e. The highest BCUT2D eigenvalue weighted by Gasteiger charge is 2.51. The molecule has 1 aliphatic heterocycles. The first-order valence-electron chi connectivity index (χ1n) is 22.1. The van der Waals surface area contributed by atoms with Crippen molar-refractivity contribution >= 4 is 27.5 Å². The minimum absolute atomic E-state index is 0.0754. The van der Waals surface area contributed by atoms with E-state index >= 15 is 0 Å². The third-order valence-corrected chi connectivity index (χ3v) is 14.5. The second-order valence-corrected chi connectivity index (χ2v) is 20.7. The molecule has 1 saturated heterocycles. The van der Waals surface area contributed by atoms with Gasteiger partial charge in [0.05, 0.1) is 32.6 Å². The van der Waals surface area contributed by atoms with Crippen LogP contribution in [0.25, 0.3) is 11.1 Å². The summed E-state index contributed by atoms with van der Waals surface area (Å²) in [6.07, 6.45) is 0.787. The van der Waals surface area contributed by atoms with E-state index < -0.39 is 34.2 Å². The first-order chi connectivity index (χ1) is 29.6. The molecule has 2 aliphatic rings. The zero-order valence-corrected chi connectivity index (χ0v) is 39.9. The van der Waals surface area contributed by atoms with Crippen LogP contribution < -0.4 is 25.0 Å². The summed E-state index contributed by atoms with van der Waals surface area (Å²) in [7, 11) is 3.92. The highest BCUT2D eigenvalue weighted by Crippen LogP contribution is 2.48. The van der Waals surface area contributed by atoms with E-state index in [1.165, 1.54) is 0 Å². The Hall–Kier alpha value is -4.09. The molecule has 0 radical (unpaired) electrons. The number of aliphatic hydroxyl groups is 2. The molecular weight excluding hydrogens is 821 g/mol. The summed E-state index contributed by atoms with van der Waals surface area (Å²) in [5, 5.41) is 29.7. The summed E-state index contributed by atoms with van der Waals surface area (Å²) < 4.78 is 32.5. The van der Waals surface area contributed by atoms with Crippen LogP contribution in [0.1, 0.15) is 69.4 Å². The van der Waals surface area contributed by atoms with Crippen molar-refractivity contribution in [1.29, 1.82) is 0 Å². The van der Waals surface area contributed by atoms with Gasteiger partial charge in [-0.15, -0.1) is 0 Å². The highest BCUT2D eigenvalue weighted by molar-refractivity contribution is 7.88. The van der Waals surface area contributed by atoms with Crippen molar-refractivity contribution in [3.63, 3.8) is 0 Å². The number of ether oxygens (including phenoxy) is 1. The van der Waals surface area contributed by atoms with Gasteiger partial charge in [0.1, 0.15) is 17.9 Å². The molecule has 2 amide bonds. The Kier molecular flexibility index (Phi) is 16.9. The molecule has 0 bridgehead atoms. The maximum Gasteiger partial charge on any atom is 0.251 e. The number of methoxy groups -OCH3 is 1. The van der Waals surface area contributed by atoms with Gasteiger partial charge in [0, 0.05) is 67.1 Å². The molecule has 0 aromatic heterocycles. The van der Waals surface area contributed by atoms with Crippen LogP contribution in [0.4, 0.5) is 5.69 Å². The van der Waals surface area contributed by atoms with Crippen LogP contribution in [0, 0.1) is 29.1 Å². The minimum Gasteiger partial charge on any atom is -0.496 e. The van der Waals surface area contributed by atoms with Crippen LogP contribution in [-0.2, 0) is 32.6 Å². The number of carbonyl (C=O) groups excluding carboxylic acids is 2. The minimum atomic E-state index is -3.42. The summed E-state index contributed by atoms with van der Waals surface area (Å²) in [5.41, 5.74) is 4.33. The lowest BCUT2D eigenvalue weighted by Gasteiger charge is -2.50. The van der Waals surface area contributed by atoms with Gasteiger partial charge in [-0.3, -0.25) is 14.4 Å². The summed E-state index contributed by atoms with van der Waals surface area (Å²) in [5.74, 6) is 0.195. The van der Waals surface area contributed by atoms with Gasteiger partial charge in [-0.1, -0.05) is 83.1 Å². The molecule has 5 rings (SSSR count). The maximum atomic E-state index is 14.5. The highest BCUT2D eigenvalue weighted by atomic mass is 32.2. The third kappa shape index (κ3) is 12.4. The molecule has 0 spiro atoms. The number of nitrogens with one attached hydrogen (secondary N) is 3. The molecule has 15 heteroatoms. The van der Waals surface area contributed by atoms with E-state index in [2.05, 4.69) is 50.0 Å². The lowest BCUT2D eigenvalue weighted by molar-refractivity contribution is -0.182. The summed E-state index contributed by atoms with van der Waals surface area (Å²) in [6, 6.07) is 20.0. The Morgan fingerprint density at radius 1 is 1.03 bits per heavy atom. The van der Waals surface area contributed by atoms with Gasteiger partial charge in [0.25, 0.3) is 5.91 Å². The van der Waals surface area contributed by atoms with E-state index in [0.29, 0.717) is 65.0 Å². The van der Waals surface area contributed by atoms with Crippen molar-refractivity contribution < 1.29 is 37.8 Å². The normalized spacial score (nSPS) is 24.8. The number of rotatable bonds is 19. The van der Waals surface area contributed by atoms with Gasteiger partial charge in [0.15, 0.2) is 0 Å². The van der Waals surface area contributed by atoms with Gasteiger partial charge in [-0.25, -0.2) is 13.1 Å². The van der Waals surface area contributed by atoms with Crippen LogP contribution in [-0.4, -0.2) is 131 Å². The number of benzene rings is 3. The number of amides is 2. The summed E-state index contributed by atoms with van der Waals surface area (Å²) in [6.45, 7) is 13.7. The van der Waals surface area contributed by atoms with Gasteiger partial charge in [0.2, 0.25) is 15.9 Å². The smallest absolute Gasteiger partial charge is 0.251 e. The Morgan fingerprint density at radius 3 is 2.35 bits per heavy atom. The van der Waals surface area contributed by atoms with Crippen LogP contribution in [0.3, 0.4) is 0 Å². The van der Waals surface area contributed by atoms with Gasteiger partial charge in [-0.05, 0) is 86.4 Å². The lowest BCUT2D eigenvalue weighted by atomic mass is 9.58. The van der Waals surface area contributed by atoms with E-state index in [1.807, 2.05) is 91.6 Å². The molecule has 9 atom stereocenters. The summed E-state index contributed by atoms with van der Waals surface area (Å²) >= 11 is 0. The Bertz CT molecular complexity index is 2120. The molecule has 3 aromatic carbocycles. The second-order valence-electron chi connectivity index (χ2n) is 18.9. The van der Waals surface area contributed by atoms with Gasteiger partial charge < -0.3 is 35.4 Å². The molecule has 63 heavy (non-hydrogen) atoms. The van der Waals surface area contributed by atoms with E-state index in [-0.39, 0.29) is 54.9 Å². The molecule has 1 saturated carbocycles. The fourth-order valence-electron chi connectivity index (χ4n) is 9.47. The number of nitrogens with zero attached hydrogens (tertiary/aromatic N) is 3. The predicted octanol–water partition coefficient (Wildman–Crippen LogP) is 4.55. The first kappa shape index (κ1) is 49.9. The van der Waals surface area contributed by atoms with Crippen molar-refractivity contribution in [2.45, 2.75) is 91.3 Å². The SMILES string of the molecule is COc1c(CN2O[C@@H](CO)[C@@H]([C@H](C)O)[C@H]2C(=O)N[C@H]2C[C@@H](C)C(C)(C)[C@@H](C)[C@@H]2C)cccc1-c1cc(C(=O)N[C@@H](Cc2ccccc2)CN(C)C)cc(N(C)CCNS(C)(=O)=O)c1. The molecule has 3 aromatic rings. The van der Waals surface area contributed by atoms with Crippen LogP contribution >= 0.6 is 0 Å². The standard InChI is InChI=1S/C48H72N6O8S/c1-30-22-41(31(2)32(3)48(30,5)6)51-47(58)44-43(33(4)56)42(29-55)62-54(44)27-35-18-15-19-40(45(35)61-10)36-24-37(26-39(25-36)53(9)21-20-49-63(11,59)60)46(57)50-38(28-52(7)8)23-34-16-13-12-14-17-34/h12-19,24-26,30-33,38,41-44,49,55-56H,20-23,27-29H2,1-11H3,(H,50,57)(H,51,58)/t30-,31+,32+,33+,38+,41+,42+,43-,44+/m1/s1. The van der Waals surface area contributed by atoms with Crippen molar-refractivity contribution in [2.75, 3.05) is 65.6 Å². The number of aliphatic hydroxyl groups excluding tert-OH is 2. The number of para-hydroxylation sites is 1. The average Bonchev–Trinajstić information content (AvgIpc) is 3.60. The zero-order valence-electron chi connectivity index (χ0n) is 39.1. The van der Waals surface area contributed by atoms with Crippen LogP contribution in [0.5, 0.6) is 5.75 Å². The molecule has 348 valence electrons. The first-order valence-corrected chi connectivity index (χ1v) is 24.0.